The maximum absolute atomic E-state index is 10.3. The van der Waals surface area contributed by atoms with E-state index < -0.39 is 0 Å². The van der Waals surface area contributed by atoms with Crippen LogP contribution in [0.25, 0.3) is 0 Å². The van der Waals surface area contributed by atoms with Gasteiger partial charge in [0.2, 0.25) is 0 Å². The minimum Gasteiger partial charge on any atom is -0.333 e. The van der Waals surface area contributed by atoms with E-state index in [1.165, 1.54) is 7.05 Å². The first-order valence-electron chi connectivity index (χ1n) is 4.55. The lowest BCUT2D eigenvalue weighted by molar-refractivity contribution is -0.384. The second-order valence-corrected chi connectivity index (χ2v) is 2.67. The molecule has 78 valence electrons. The Morgan fingerprint density at radius 1 is 1.29 bits per heavy atom. The summed E-state index contributed by atoms with van der Waals surface area (Å²) in [6, 6.07) is 6.71. The van der Waals surface area contributed by atoms with Crippen molar-refractivity contribution in [2.24, 2.45) is 5.73 Å². The molecule has 0 radical (unpaired) electrons. The zero-order valence-corrected chi connectivity index (χ0v) is 8.56. The van der Waals surface area contributed by atoms with Crippen molar-refractivity contribution in [3.8, 4) is 0 Å². The molecule has 0 aliphatic rings. The number of non-ortho nitro benzene ring substituents is 1. The Hall–Kier alpha value is -1.42. The maximum Gasteiger partial charge on any atom is 0.269 e. The first kappa shape index (κ1) is 12.6. The van der Waals surface area contributed by atoms with Crippen LogP contribution < -0.4 is 5.73 Å². The van der Waals surface area contributed by atoms with Crippen LogP contribution in [0.3, 0.4) is 0 Å². The molecule has 0 aromatic heterocycles. The first-order chi connectivity index (χ1) is 6.74. The molecule has 4 heteroatoms. The fourth-order valence-electron chi connectivity index (χ4n) is 1.07. The third-order valence-corrected chi connectivity index (χ3v) is 1.69. The third kappa shape index (κ3) is 4.00. The summed E-state index contributed by atoms with van der Waals surface area (Å²) in [6.07, 6.45) is 2.05. The van der Waals surface area contributed by atoms with Gasteiger partial charge in [-0.1, -0.05) is 25.5 Å². The summed E-state index contributed by atoms with van der Waals surface area (Å²) in [5, 5.41) is 10.3. The molecule has 0 amide bonds. The number of nitro benzene ring substituents is 1. The molecule has 0 heterocycles. The molecule has 1 aromatic rings. The summed E-state index contributed by atoms with van der Waals surface area (Å²) in [7, 11) is 1.50. The lowest BCUT2D eigenvalue weighted by Crippen LogP contribution is -1.88. The van der Waals surface area contributed by atoms with Crippen molar-refractivity contribution in [3.63, 3.8) is 0 Å². The Morgan fingerprint density at radius 3 is 2.14 bits per heavy atom. The minimum atomic E-state index is -0.379. The second kappa shape index (κ2) is 7.03. The Kier molecular flexibility index (Phi) is 6.32. The molecule has 1 rings (SSSR count). The summed E-state index contributed by atoms with van der Waals surface area (Å²) >= 11 is 0. The number of hydrogen-bond donors (Lipinski definition) is 1. The van der Waals surface area contributed by atoms with Crippen LogP contribution in [0, 0.1) is 10.1 Å². The number of benzene rings is 1. The number of hydrogen-bond acceptors (Lipinski definition) is 3. The predicted molar refractivity (Wildman–Crippen MR) is 57.2 cm³/mol. The molecule has 4 nitrogen and oxygen atoms in total. The van der Waals surface area contributed by atoms with Crippen molar-refractivity contribution >= 4 is 5.69 Å². The van der Waals surface area contributed by atoms with Gasteiger partial charge in [-0.3, -0.25) is 10.1 Å². The molecule has 0 bridgehead atoms. The summed E-state index contributed by atoms with van der Waals surface area (Å²) < 4.78 is 0. The molecule has 0 aliphatic heterocycles. The lowest BCUT2D eigenvalue weighted by atomic mass is 10.1. The zero-order valence-electron chi connectivity index (χ0n) is 8.56. The molecule has 0 fully saturated rings. The van der Waals surface area contributed by atoms with Gasteiger partial charge in [-0.05, 0) is 19.0 Å². The summed E-state index contributed by atoms with van der Waals surface area (Å²) in [5.41, 5.74) is 5.82. The van der Waals surface area contributed by atoms with Crippen LogP contribution in [0.2, 0.25) is 0 Å². The highest BCUT2D eigenvalue weighted by atomic mass is 16.6. The lowest BCUT2D eigenvalue weighted by Gasteiger charge is -1.96. The van der Waals surface area contributed by atoms with Gasteiger partial charge in [-0.2, -0.15) is 0 Å². The summed E-state index contributed by atoms with van der Waals surface area (Å²) in [4.78, 5) is 9.90. The van der Waals surface area contributed by atoms with Crippen LogP contribution in [0.15, 0.2) is 24.3 Å². The van der Waals surface area contributed by atoms with E-state index in [9.17, 15) is 10.1 Å². The van der Waals surface area contributed by atoms with Gasteiger partial charge in [0.1, 0.15) is 0 Å². The van der Waals surface area contributed by atoms with E-state index in [0.29, 0.717) is 0 Å². The molecular formula is C10H16N2O2. The number of rotatable bonds is 3. The molecule has 2 N–H and O–H groups in total. The molecule has 0 aliphatic carbocycles. The fraction of sp³-hybridized carbons (Fsp3) is 0.400. The number of aryl methyl sites for hydroxylation is 1. The standard InChI is InChI=1S/C9H11NO2.CH5N/c1-2-3-8-4-6-9(7-5-8)10(11)12;1-2/h4-7H,2-3H2,1H3;2H2,1H3. The smallest absolute Gasteiger partial charge is 0.269 e. The van der Waals surface area contributed by atoms with Crippen molar-refractivity contribution in [3.05, 3.63) is 39.9 Å². The molecule has 14 heavy (non-hydrogen) atoms. The highest BCUT2D eigenvalue weighted by Gasteiger charge is 2.02. The van der Waals surface area contributed by atoms with Crippen molar-refractivity contribution in [1.82, 2.24) is 0 Å². The van der Waals surface area contributed by atoms with E-state index in [0.717, 1.165) is 18.4 Å². The van der Waals surface area contributed by atoms with Crippen LogP contribution in [-0.2, 0) is 6.42 Å². The van der Waals surface area contributed by atoms with E-state index in [2.05, 4.69) is 12.7 Å². The molecule has 0 saturated carbocycles. The van der Waals surface area contributed by atoms with Gasteiger partial charge in [0.25, 0.3) is 5.69 Å². The van der Waals surface area contributed by atoms with Crippen LogP contribution in [-0.4, -0.2) is 12.0 Å². The van der Waals surface area contributed by atoms with E-state index in [-0.39, 0.29) is 10.6 Å². The number of nitrogens with two attached hydrogens (primary N) is 1. The third-order valence-electron chi connectivity index (χ3n) is 1.69. The normalized spacial score (nSPS) is 8.79. The van der Waals surface area contributed by atoms with E-state index in [4.69, 9.17) is 0 Å². The highest BCUT2D eigenvalue weighted by molar-refractivity contribution is 5.32. The van der Waals surface area contributed by atoms with Crippen molar-refractivity contribution in [1.29, 1.82) is 0 Å². The molecule has 0 unspecified atom stereocenters. The van der Waals surface area contributed by atoms with Crippen molar-refractivity contribution in [2.75, 3.05) is 7.05 Å². The molecule has 0 spiro atoms. The largest absolute Gasteiger partial charge is 0.333 e. The number of nitrogens with zero attached hydrogens (tertiary/aromatic N) is 1. The average molecular weight is 196 g/mol. The molecule has 1 aromatic carbocycles. The van der Waals surface area contributed by atoms with Crippen LogP contribution in [0.4, 0.5) is 5.69 Å². The van der Waals surface area contributed by atoms with Crippen LogP contribution >= 0.6 is 0 Å². The van der Waals surface area contributed by atoms with Gasteiger partial charge < -0.3 is 5.73 Å². The fourth-order valence-corrected chi connectivity index (χ4v) is 1.07. The first-order valence-corrected chi connectivity index (χ1v) is 4.55. The van der Waals surface area contributed by atoms with Gasteiger partial charge in [-0.15, -0.1) is 0 Å². The van der Waals surface area contributed by atoms with E-state index >= 15 is 0 Å². The average Bonchev–Trinajstić information content (AvgIpc) is 2.22. The second-order valence-electron chi connectivity index (χ2n) is 2.67. The van der Waals surface area contributed by atoms with Crippen molar-refractivity contribution < 1.29 is 4.92 Å². The van der Waals surface area contributed by atoms with Gasteiger partial charge in [0.15, 0.2) is 0 Å². The number of nitro groups is 1. The predicted octanol–water partition coefficient (Wildman–Crippen LogP) is 2.12. The quantitative estimate of drug-likeness (QED) is 0.594. The Balaban J connectivity index is 0.000000791. The highest BCUT2D eigenvalue weighted by Crippen LogP contribution is 2.12. The van der Waals surface area contributed by atoms with Gasteiger partial charge >= 0.3 is 0 Å². The van der Waals surface area contributed by atoms with E-state index in [1.54, 1.807) is 12.1 Å². The topological polar surface area (TPSA) is 69.2 Å². The summed E-state index contributed by atoms with van der Waals surface area (Å²) in [6.45, 7) is 2.08. The van der Waals surface area contributed by atoms with E-state index in [1.807, 2.05) is 12.1 Å². The summed E-state index contributed by atoms with van der Waals surface area (Å²) in [5.74, 6) is 0. The van der Waals surface area contributed by atoms with Gasteiger partial charge in [0, 0.05) is 12.1 Å². The maximum atomic E-state index is 10.3. The van der Waals surface area contributed by atoms with Crippen molar-refractivity contribution in [2.45, 2.75) is 19.8 Å². The zero-order chi connectivity index (χ0) is 11.0. The van der Waals surface area contributed by atoms with Gasteiger partial charge in [-0.25, -0.2) is 0 Å². The van der Waals surface area contributed by atoms with Crippen LogP contribution in [0.5, 0.6) is 0 Å². The molecule has 0 atom stereocenters. The van der Waals surface area contributed by atoms with Gasteiger partial charge in [0.05, 0.1) is 4.92 Å². The Bertz CT molecular complexity index is 270. The monoisotopic (exact) mass is 196 g/mol. The Labute approximate surface area is 83.9 Å². The Morgan fingerprint density at radius 2 is 1.79 bits per heavy atom. The SMILES string of the molecule is CCCc1ccc([N+](=O)[O-])cc1.CN. The van der Waals surface area contributed by atoms with Crippen LogP contribution in [0.1, 0.15) is 18.9 Å². The minimum absolute atomic E-state index is 0.162. The molecular weight excluding hydrogens is 180 g/mol. The molecule has 0 saturated heterocycles.